The molecule has 0 radical (unpaired) electrons. The summed E-state index contributed by atoms with van der Waals surface area (Å²) in [4.78, 5) is 25.1. The molecule has 47 heavy (non-hydrogen) atoms. The molecule has 0 amide bonds. The van der Waals surface area contributed by atoms with Crippen LogP contribution in [0.2, 0.25) is 36.3 Å². The third-order valence-corrected chi connectivity index (χ3v) is 21.8. The predicted molar refractivity (Wildman–Crippen MR) is 209 cm³/mol. The van der Waals surface area contributed by atoms with Gasteiger partial charge in [-0.2, -0.15) is 11.8 Å². The van der Waals surface area contributed by atoms with Crippen molar-refractivity contribution in [3.05, 3.63) is 60.2 Å². The van der Waals surface area contributed by atoms with Crippen molar-refractivity contribution in [2.45, 2.75) is 121 Å². The summed E-state index contributed by atoms with van der Waals surface area (Å²) in [6.45, 7) is 22.9. The maximum absolute atomic E-state index is 13.6. The van der Waals surface area contributed by atoms with Crippen molar-refractivity contribution in [2.24, 2.45) is 5.92 Å². The molecule has 1 saturated carbocycles. The molecule has 0 unspecified atom stereocenters. The van der Waals surface area contributed by atoms with Crippen molar-refractivity contribution in [1.29, 1.82) is 0 Å². The Balaban J connectivity index is 1.87. The van der Waals surface area contributed by atoms with E-state index in [1.807, 2.05) is 0 Å². The Bertz CT molecular complexity index is 1360. The molecule has 0 N–H and O–H groups in total. The third-order valence-electron chi connectivity index (χ3n) is 10.3. The van der Waals surface area contributed by atoms with E-state index in [2.05, 4.69) is 122 Å². The summed E-state index contributed by atoms with van der Waals surface area (Å²) >= 11 is 3.34. The van der Waals surface area contributed by atoms with E-state index in [0.29, 0.717) is 12.2 Å². The van der Waals surface area contributed by atoms with Crippen LogP contribution in [0.3, 0.4) is 0 Å². The zero-order chi connectivity index (χ0) is 35.0. The number of hydrogen-bond donors (Lipinski definition) is 0. The fourth-order valence-electron chi connectivity index (χ4n) is 5.36. The van der Waals surface area contributed by atoms with Gasteiger partial charge in [-0.1, -0.05) is 96.2 Å². The number of Topliss-reactive ketones (excluding diaryl/α,β-unsaturated/α-hetero) is 1. The van der Waals surface area contributed by atoms with Gasteiger partial charge in [0.1, 0.15) is 5.78 Å². The van der Waals surface area contributed by atoms with Gasteiger partial charge in [-0.05, 0) is 83.4 Å². The number of fused-ring (bicyclic) bond motifs is 1. The molecule has 3 rings (SSSR count). The maximum Gasteiger partial charge on any atom is 0.315 e. The van der Waals surface area contributed by atoms with Gasteiger partial charge in [-0.25, -0.2) is 0 Å². The zero-order valence-corrected chi connectivity index (χ0v) is 34.4. The van der Waals surface area contributed by atoms with E-state index in [4.69, 9.17) is 13.6 Å². The minimum atomic E-state index is -2.11. The number of esters is 1. The second-order valence-corrected chi connectivity index (χ2v) is 27.8. The highest BCUT2D eigenvalue weighted by molar-refractivity contribution is 8.01. The van der Waals surface area contributed by atoms with Gasteiger partial charge in [0.05, 0.1) is 30.3 Å². The molecule has 0 heterocycles. The van der Waals surface area contributed by atoms with Crippen molar-refractivity contribution in [1.82, 2.24) is 0 Å². The number of thioether (sulfide) groups is 2. The first kappa shape index (κ1) is 40.1. The van der Waals surface area contributed by atoms with Gasteiger partial charge in [0.25, 0.3) is 0 Å². The van der Waals surface area contributed by atoms with E-state index in [1.54, 1.807) is 23.5 Å². The van der Waals surface area contributed by atoms with Crippen molar-refractivity contribution in [3.8, 4) is 0 Å². The molecule has 2 aromatic carbocycles. The predicted octanol–water partition coefficient (Wildman–Crippen LogP) is 10.1. The minimum Gasteiger partial charge on any atom is -0.468 e. The molecular weight excluding hydrogens is 657 g/mol. The van der Waals surface area contributed by atoms with Gasteiger partial charge in [0.15, 0.2) is 16.6 Å². The second kappa shape index (κ2) is 17.0. The Labute approximate surface area is 296 Å². The van der Waals surface area contributed by atoms with Gasteiger partial charge >= 0.3 is 5.97 Å². The van der Waals surface area contributed by atoms with Crippen LogP contribution < -0.4 is 0 Å². The Morgan fingerprint density at radius 3 is 2.28 bits per heavy atom. The van der Waals surface area contributed by atoms with E-state index in [0.717, 1.165) is 30.8 Å². The number of aryl methyl sites for hydroxylation is 1. The molecule has 262 valence electrons. The molecule has 0 aromatic heterocycles. The molecule has 2 aromatic rings. The number of carbonyl (C=O) groups excluding carboxylic acids is 2. The van der Waals surface area contributed by atoms with Crippen LogP contribution in [0.15, 0.2) is 54.6 Å². The van der Waals surface area contributed by atoms with Crippen LogP contribution in [0.5, 0.6) is 0 Å². The largest absolute Gasteiger partial charge is 0.468 e. The molecule has 1 aliphatic carbocycles. The second-order valence-electron chi connectivity index (χ2n) is 15.9. The van der Waals surface area contributed by atoms with E-state index >= 15 is 0 Å². The fourth-order valence-corrected chi connectivity index (χ4v) is 10.3. The first-order chi connectivity index (χ1) is 21.9. The van der Waals surface area contributed by atoms with Crippen molar-refractivity contribution < 1.29 is 23.2 Å². The fraction of sp³-hybridized carbons (Fsp3) is 0.632. The standard InChI is InChI=1S/C38H60O5S2Si2/c1-37(2,3)46(8,9)42-30(21-20-29-18-14-17-28-16-12-13-19-31(28)29)22-23-32-34(43-47(10,11)38(4,5)6)26-33(39)36(32)45-25-15-24-44-27-35(40)41-7/h12-14,16-19,22-23,30,32,34,36H,15,20-21,24-27H2,1-11H3/b23-22+/t30-,32-,34+,36+/m0/s1. The smallest absolute Gasteiger partial charge is 0.315 e. The van der Waals surface area contributed by atoms with Crippen LogP contribution in [0.25, 0.3) is 10.8 Å². The van der Waals surface area contributed by atoms with Crippen LogP contribution >= 0.6 is 23.5 Å². The molecular formula is C38H60O5S2Si2. The van der Waals surface area contributed by atoms with Crippen LogP contribution in [-0.4, -0.2) is 70.2 Å². The van der Waals surface area contributed by atoms with Gasteiger partial charge < -0.3 is 13.6 Å². The SMILES string of the molecule is COC(=O)CSCCCS[C@H]1C(=O)C[C@@H](O[Si](C)(C)C(C)(C)C)[C@@H]1/C=C/[C@H](CCc1cccc2ccccc12)O[Si](C)(C)C(C)(C)C. The average Bonchev–Trinajstić information content (AvgIpc) is 3.27. The highest BCUT2D eigenvalue weighted by atomic mass is 32.2. The van der Waals surface area contributed by atoms with Gasteiger partial charge in [-0.15, -0.1) is 11.8 Å². The highest BCUT2D eigenvalue weighted by Crippen LogP contribution is 2.43. The number of ketones is 1. The van der Waals surface area contributed by atoms with Crippen LogP contribution in [-0.2, 0) is 29.6 Å². The van der Waals surface area contributed by atoms with Crippen molar-refractivity contribution >= 4 is 62.7 Å². The maximum atomic E-state index is 13.6. The summed E-state index contributed by atoms with van der Waals surface area (Å²) in [5, 5.41) is 2.56. The Morgan fingerprint density at radius 2 is 1.62 bits per heavy atom. The summed E-state index contributed by atoms with van der Waals surface area (Å²) < 4.78 is 18.8. The highest BCUT2D eigenvalue weighted by Gasteiger charge is 2.47. The van der Waals surface area contributed by atoms with Crippen LogP contribution in [0, 0.1) is 5.92 Å². The average molecular weight is 717 g/mol. The summed E-state index contributed by atoms with van der Waals surface area (Å²) in [6, 6.07) is 15.2. The van der Waals surface area contributed by atoms with Crippen LogP contribution in [0.1, 0.15) is 66.4 Å². The van der Waals surface area contributed by atoms with Crippen LogP contribution in [0.4, 0.5) is 0 Å². The molecule has 0 saturated heterocycles. The summed E-state index contributed by atoms with van der Waals surface area (Å²) in [7, 11) is -2.76. The van der Waals surface area contributed by atoms with E-state index < -0.39 is 16.6 Å². The molecule has 4 atom stereocenters. The van der Waals surface area contributed by atoms with E-state index in [9.17, 15) is 9.59 Å². The normalized spacial score (nSPS) is 20.3. The van der Waals surface area contributed by atoms with Crippen molar-refractivity contribution in [2.75, 3.05) is 24.4 Å². The Kier molecular flexibility index (Phi) is 14.5. The molecule has 0 spiro atoms. The monoisotopic (exact) mass is 716 g/mol. The number of benzene rings is 2. The molecule has 1 aliphatic rings. The lowest BCUT2D eigenvalue weighted by atomic mass is 9.98. The lowest BCUT2D eigenvalue weighted by molar-refractivity contribution is -0.137. The Hall–Kier alpha value is -1.37. The Morgan fingerprint density at radius 1 is 0.957 bits per heavy atom. The summed E-state index contributed by atoms with van der Waals surface area (Å²) in [6.07, 6.45) is 7.56. The van der Waals surface area contributed by atoms with Gasteiger partial charge in [-0.3, -0.25) is 9.59 Å². The lowest BCUT2D eigenvalue weighted by Gasteiger charge is -2.40. The first-order valence-corrected chi connectivity index (χ1v) is 25.2. The third kappa shape index (κ3) is 11.3. The number of ether oxygens (including phenoxy) is 1. The lowest BCUT2D eigenvalue weighted by Crippen LogP contribution is -2.45. The van der Waals surface area contributed by atoms with Crippen molar-refractivity contribution in [3.63, 3.8) is 0 Å². The quantitative estimate of drug-likeness (QED) is 0.0742. The number of carbonyl (C=O) groups is 2. The van der Waals surface area contributed by atoms with E-state index in [-0.39, 0.29) is 45.2 Å². The number of hydrogen-bond acceptors (Lipinski definition) is 7. The molecule has 0 aliphatic heterocycles. The molecule has 9 heteroatoms. The first-order valence-electron chi connectivity index (χ1n) is 17.2. The summed E-state index contributed by atoms with van der Waals surface area (Å²) in [5.41, 5.74) is 1.34. The minimum absolute atomic E-state index is 0.00702. The summed E-state index contributed by atoms with van der Waals surface area (Å²) in [5.74, 6) is 2.18. The number of rotatable bonds is 16. The van der Waals surface area contributed by atoms with E-state index in [1.165, 1.54) is 23.4 Å². The molecule has 0 bridgehead atoms. The van der Waals surface area contributed by atoms with Gasteiger partial charge in [0, 0.05) is 12.3 Å². The topological polar surface area (TPSA) is 61.8 Å². The zero-order valence-electron chi connectivity index (χ0n) is 30.8. The molecule has 5 nitrogen and oxygen atoms in total. The number of methoxy groups -OCH3 is 1. The van der Waals surface area contributed by atoms with Gasteiger partial charge in [0.2, 0.25) is 0 Å². The molecule has 1 fully saturated rings.